The number of alkyl carbamates (subject to hydrolysis) is 1. The zero-order valence-corrected chi connectivity index (χ0v) is 31.2. The topological polar surface area (TPSA) is 103 Å². The average molecular weight is 742 g/mol. The second-order valence-electron chi connectivity index (χ2n) is 15.2. The van der Waals surface area contributed by atoms with Crippen LogP contribution < -0.4 is 15.4 Å². The van der Waals surface area contributed by atoms with E-state index >= 15 is 4.39 Å². The van der Waals surface area contributed by atoms with Crippen LogP contribution in [0.4, 0.5) is 28.0 Å². The van der Waals surface area contributed by atoms with E-state index in [4.69, 9.17) is 4.74 Å². The number of hydrogen-bond donors (Lipinski definition) is 3. The van der Waals surface area contributed by atoms with Crippen molar-refractivity contribution in [2.24, 2.45) is 5.92 Å². The normalized spacial score (nSPS) is 15.5. The fourth-order valence-corrected chi connectivity index (χ4v) is 6.75. The number of halogens is 4. The highest BCUT2D eigenvalue weighted by atomic mass is 32.2. The first-order valence-electron chi connectivity index (χ1n) is 17.4. The van der Waals surface area contributed by atoms with Gasteiger partial charge in [-0.1, -0.05) is 61.4 Å². The molecule has 0 radical (unpaired) electrons. The van der Waals surface area contributed by atoms with Gasteiger partial charge in [-0.05, 0) is 107 Å². The summed E-state index contributed by atoms with van der Waals surface area (Å²) in [6.45, 7) is 10.7. The lowest BCUT2D eigenvalue weighted by Crippen LogP contribution is -2.52. The van der Waals surface area contributed by atoms with Crippen LogP contribution in [0.25, 0.3) is 5.69 Å². The largest absolute Gasteiger partial charge is 0.598 e. The van der Waals surface area contributed by atoms with Gasteiger partial charge >= 0.3 is 12.3 Å². The number of aromatic nitrogens is 2. The highest BCUT2D eigenvalue weighted by Gasteiger charge is 2.43. The number of ether oxygens (including phenoxy) is 1. The maximum atomic E-state index is 15.6. The van der Waals surface area contributed by atoms with Gasteiger partial charge in [0.15, 0.2) is 5.69 Å². The fraction of sp³-hybridized carbons (Fsp3) is 0.436. The molecule has 2 unspecified atom stereocenters. The second-order valence-corrected chi connectivity index (χ2v) is 17.2. The Bertz CT molecular complexity index is 1830. The van der Waals surface area contributed by atoms with Crippen molar-refractivity contribution in [1.29, 1.82) is 0 Å². The molecule has 5 rings (SSSR count). The standard InChI is InChI=1S/C39H47F4N5O3S/c1-36(2,3)51-35(49)45-24-27-11-10-14-30(21-27)48-31(23-34(46-48)39(41,42)43)25-44-33-22-29(17-18-32(33)40)38(20-19-26-15-16-26,28-12-8-7-9-13-28)47-52(50)37(4,5)6/h7-14,17-18,21-23,26,44,47H,15-16,19-20,24-25H2,1-6H3,(H,45,49). The molecule has 4 aromatic rings. The number of anilines is 1. The number of amides is 1. The SMILES string of the molecule is CC(C)(C)OC(=O)NCc1cccc(-n2nc(C(F)(F)F)cc2CNc2cc(C(CCC3CC3)(N[S+]([O-])C(C)(C)C)c3ccccc3)ccc2F)c1. The summed E-state index contributed by atoms with van der Waals surface area (Å²) in [6, 6.07) is 21.8. The summed E-state index contributed by atoms with van der Waals surface area (Å²) in [5.41, 5.74) is -0.0602. The average Bonchev–Trinajstić information content (AvgIpc) is 3.80. The highest BCUT2D eigenvalue weighted by Crippen LogP contribution is 2.43. The van der Waals surface area contributed by atoms with Crippen molar-refractivity contribution < 1.29 is 31.6 Å². The molecule has 1 heterocycles. The summed E-state index contributed by atoms with van der Waals surface area (Å²) in [5, 5.41) is 9.55. The third-order valence-electron chi connectivity index (χ3n) is 8.70. The van der Waals surface area contributed by atoms with Gasteiger partial charge in [0.2, 0.25) is 0 Å². The van der Waals surface area contributed by atoms with Crippen LogP contribution in [0, 0.1) is 11.7 Å². The van der Waals surface area contributed by atoms with Crippen molar-refractivity contribution in [1.82, 2.24) is 19.8 Å². The molecule has 0 saturated heterocycles. The van der Waals surface area contributed by atoms with E-state index in [0.717, 1.165) is 35.6 Å². The fourth-order valence-electron chi connectivity index (χ4n) is 5.79. The van der Waals surface area contributed by atoms with Gasteiger partial charge in [-0.3, -0.25) is 0 Å². The molecule has 280 valence electrons. The number of hydrogen-bond acceptors (Lipinski definition) is 6. The Balaban J connectivity index is 1.48. The molecule has 0 bridgehead atoms. The van der Waals surface area contributed by atoms with Gasteiger partial charge < -0.3 is 19.9 Å². The molecule has 2 atom stereocenters. The number of rotatable bonds is 13. The Labute approximate surface area is 306 Å². The lowest BCUT2D eigenvalue weighted by molar-refractivity contribution is -0.141. The van der Waals surface area contributed by atoms with E-state index < -0.39 is 51.0 Å². The molecule has 3 aromatic carbocycles. The zero-order chi connectivity index (χ0) is 37.9. The van der Waals surface area contributed by atoms with Crippen LogP contribution in [0.1, 0.15) is 95.3 Å². The number of carbonyl (C=O) groups is 1. The van der Waals surface area contributed by atoms with Crippen molar-refractivity contribution in [3.05, 3.63) is 113 Å². The van der Waals surface area contributed by atoms with E-state index in [0.29, 0.717) is 29.2 Å². The Kier molecular flexibility index (Phi) is 11.7. The molecular formula is C39H47F4N5O3S. The van der Waals surface area contributed by atoms with E-state index in [2.05, 4.69) is 20.5 Å². The minimum atomic E-state index is -4.73. The number of nitrogens with one attached hydrogen (secondary N) is 3. The molecule has 52 heavy (non-hydrogen) atoms. The molecule has 3 N–H and O–H groups in total. The van der Waals surface area contributed by atoms with E-state index in [-0.39, 0.29) is 24.5 Å². The highest BCUT2D eigenvalue weighted by molar-refractivity contribution is 7.90. The summed E-state index contributed by atoms with van der Waals surface area (Å²) in [6.07, 6.45) is -1.63. The maximum Gasteiger partial charge on any atom is 0.435 e. The summed E-state index contributed by atoms with van der Waals surface area (Å²) < 4.78 is 80.5. The molecule has 13 heteroatoms. The van der Waals surface area contributed by atoms with Crippen LogP contribution in [-0.2, 0) is 40.9 Å². The minimum Gasteiger partial charge on any atom is -0.598 e. The van der Waals surface area contributed by atoms with Crippen LogP contribution in [0.2, 0.25) is 0 Å². The van der Waals surface area contributed by atoms with Gasteiger partial charge in [0, 0.05) is 17.9 Å². The second kappa shape index (κ2) is 15.5. The van der Waals surface area contributed by atoms with Gasteiger partial charge in [-0.15, -0.1) is 4.72 Å². The third kappa shape index (κ3) is 10.1. The van der Waals surface area contributed by atoms with Crippen molar-refractivity contribution in [2.45, 2.75) is 102 Å². The number of carbonyl (C=O) groups excluding carboxylic acids is 1. The number of benzene rings is 3. The lowest BCUT2D eigenvalue weighted by Gasteiger charge is -2.39. The Morgan fingerprint density at radius 2 is 1.63 bits per heavy atom. The first-order valence-corrected chi connectivity index (χ1v) is 18.5. The Morgan fingerprint density at radius 3 is 2.27 bits per heavy atom. The zero-order valence-electron chi connectivity index (χ0n) is 30.4. The van der Waals surface area contributed by atoms with Crippen LogP contribution in [-0.4, -0.2) is 30.8 Å². The number of alkyl halides is 3. The monoisotopic (exact) mass is 741 g/mol. The van der Waals surface area contributed by atoms with Gasteiger partial charge in [0.1, 0.15) is 21.7 Å². The summed E-state index contributed by atoms with van der Waals surface area (Å²) in [4.78, 5) is 12.2. The summed E-state index contributed by atoms with van der Waals surface area (Å²) in [7, 11) is 0. The van der Waals surface area contributed by atoms with Gasteiger partial charge in [-0.25, -0.2) is 13.9 Å². The first-order chi connectivity index (χ1) is 24.3. The molecule has 1 saturated carbocycles. The molecule has 1 aliphatic rings. The van der Waals surface area contributed by atoms with Crippen molar-refractivity contribution in [2.75, 3.05) is 5.32 Å². The third-order valence-corrected chi connectivity index (χ3v) is 10.3. The number of nitrogens with zero attached hydrogens (tertiary/aromatic N) is 2. The van der Waals surface area contributed by atoms with Crippen LogP contribution in [0.15, 0.2) is 78.9 Å². The Morgan fingerprint density at radius 1 is 0.923 bits per heavy atom. The van der Waals surface area contributed by atoms with Crippen molar-refractivity contribution >= 4 is 23.1 Å². The van der Waals surface area contributed by atoms with Crippen molar-refractivity contribution in [3.63, 3.8) is 0 Å². The van der Waals surface area contributed by atoms with Crippen molar-refractivity contribution in [3.8, 4) is 5.69 Å². The van der Waals surface area contributed by atoms with E-state index in [1.807, 2.05) is 51.1 Å². The molecular weight excluding hydrogens is 695 g/mol. The molecule has 1 amide bonds. The van der Waals surface area contributed by atoms with Crippen LogP contribution in [0.3, 0.4) is 0 Å². The molecule has 1 aliphatic carbocycles. The van der Waals surface area contributed by atoms with E-state index in [1.54, 1.807) is 57.2 Å². The molecule has 0 aliphatic heterocycles. The van der Waals surface area contributed by atoms with E-state index in [9.17, 15) is 22.5 Å². The predicted molar refractivity (Wildman–Crippen MR) is 196 cm³/mol. The lowest BCUT2D eigenvalue weighted by atomic mass is 9.79. The van der Waals surface area contributed by atoms with Gasteiger partial charge in [-0.2, -0.15) is 18.3 Å². The Hall–Kier alpha value is -4.07. The maximum absolute atomic E-state index is 15.6. The molecule has 0 spiro atoms. The molecule has 1 aromatic heterocycles. The summed E-state index contributed by atoms with van der Waals surface area (Å²) in [5.74, 6) is -0.0390. The van der Waals surface area contributed by atoms with Gasteiger partial charge in [0.05, 0.1) is 23.6 Å². The first kappa shape index (κ1) is 39.1. The molecule has 8 nitrogen and oxygen atoms in total. The predicted octanol–water partition coefficient (Wildman–Crippen LogP) is 9.15. The quantitative estimate of drug-likeness (QED) is 0.0934. The summed E-state index contributed by atoms with van der Waals surface area (Å²) >= 11 is -1.50. The smallest absolute Gasteiger partial charge is 0.435 e. The van der Waals surface area contributed by atoms with E-state index in [1.165, 1.54) is 6.07 Å². The van der Waals surface area contributed by atoms with Crippen LogP contribution >= 0.6 is 0 Å². The minimum absolute atomic E-state index is 0.0691. The van der Waals surface area contributed by atoms with Crippen LogP contribution in [0.5, 0.6) is 0 Å². The molecule has 1 fully saturated rings. The van der Waals surface area contributed by atoms with Gasteiger partial charge in [0.25, 0.3) is 0 Å².